The van der Waals surface area contributed by atoms with Gasteiger partial charge in [0, 0.05) is 6.54 Å². The summed E-state index contributed by atoms with van der Waals surface area (Å²) in [5, 5.41) is 4.23. The van der Waals surface area contributed by atoms with E-state index in [1.807, 2.05) is 36.4 Å². The smallest absolute Gasteiger partial charge is 0.307 e. The molecule has 0 bridgehead atoms. The van der Waals surface area contributed by atoms with Crippen molar-refractivity contribution < 1.29 is 27.4 Å². The highest BCUT2D eigenvalue weighted by Crippen LogP contribution is 2.41. The van der Waals surface area contributed by atoms with Gasteiger partial charge in [0.1, 0.15) is 4.90 Å². The molecule has 1 aromatic heterocycles. The Bertz CT molecular complexity index is 1260. The number of methoxy groups -OCH3 is 3. The number of carbonyl (C=O) groups excluding carboxylic acids is 1. The molecule has 4 rings (SSSR count). The van der Waals surface area contributed by atoms with Gasteiger partial charge in [0.15, 0.2) is 11.5 Å². The van der Waals surface area contributed by atoms with Crippen molar-refractivity contribution in [2.24, 2.45) is 0 Å². The molecule has 1 unspecified atom stereocenters. The maximum absolute atomic E-state index is 13.7. The number of benzene rings is 2. The predicted molar refractivity (Wildman–Crippen MR) is 120 cm³/mol. The Labute approximate surface area is 192 Å². The highest BCUT2D eigenvalue weighted by Gasteiger charge is 2.39. The summed E-state index contributed by atoms with van der Waals surface area (Å²) in [4.78, 5) is 12.3. The lowest BCUT2D eigenvalue weighted by Crippen LogP contribution is -2.41. The van der Waals surface area contributed by atoms with Crippen LogP contribution in [0.15, 0.2) is 59.8 Å². The van der Waals surface area contributed by atoms with Gasteiger partial charge in [0.25, 0.3) is 0 Å². The van der Waals surface area contributed by atoms with E-state index in [4.69, 9.17) is 14.2 Å². The lowest BCUT2D eigenvalue weighted by molar-refractivity contribution is -0.141. The van der Waals surface area contributed by atoms with Crippen LogP contribution in [0.25, 0.3) is 5.69 Å². The van der Waals surface area contributed by atoms with Crippen molar-refractivity contribution in [2.75, 3.05) is 27.9 Å². The molecule has 0 saturated carbocycles. The molecule has 174 valence electrons. The van der Waals surface area contributed by atoms with Crippen molar-refractivity contribution in [3.63, 3.8) is 0 Å². The van der Waals surface area contributed by atoms with Crippen LogP contribution >= 0.6 is 0 Å². The van der Waals surface area contributed by atoms with Crippen molar-refractivity contribution in [1.29, 1.82) is 0 Å². The molecule has 9 nitrogen and oxygen atoms in total. The standard InChI is InChI=1S/C23H25N3O6S/c1-30-21-11-16-9-10-26(20(13-23(27)32-3)19(16)12-22(21)31-2)33(28,29)18-14-24-25(15-18)17-7-5-4-6-8-17/h4-8,11-12,14-15,20H,9-10,13H2,1-3H3. The Morgan fingerprint density at radius 3 is 2.45 bits per heavy atom. The number of hydrogen-bond acceptors (Lipinski definition) is 7. The van der Waals surface area contributed by atoms with Crippen LogP contribution < -0.4 is 9.47 Å². The first-order valence-electron chi connectivity index (χ1n) is 10.3. The summed E-state index contributed by atoms with van der Waals surface area (Å²) in [6, 6.07) is 12.0. The molecular weight excluding hydrogens is 446 g/mol. The average Bonchev–Trinajstić information content (AvgIpc) is 3.35. The van der Waals surface area contributed by atoms with Gasteiger partial charge in [-0.2, -0.15) is 9.40 Å². The SMILES string of the molecule is COC(=O)CC1c2cc(OC)c(OC)cc2CCN1S(=O)(=O)c1cnn(-c2ccccc2)c1. The molecule has 0 radical (unpaired) electrons. The average molecular weight is 472 g/mol. The van der Waals surface area contributed by atoms with Crippen LogP contribution in [0.1, 0.15) is 23.6 Å². The maximum Gasteiger partial charge on any atom is 0.307 e. The quantitative estimate of drug-likeness (QED) is 0.489. The molecule has 0 saturated heterocycles. The summed E-state index contributed by atoms with van der Waals surface area (Å²) < 4.78 is 45.8. The van der Waals surface area contributed by atoms with E-state index in [2.05, 4.69) is 5.10 Å². The van der Waals surface area contributed by atoms with Crippen LogP contribution in [-0.4, -0.2) is 56.3 Å². The second-order valence-electron chi connectivity index (χ2n) is 7.52. The fraction of sp³-hybridized carbons (Fsp3) is 0.304. The predicted octanol–water partition coefficient (Wildman–Crippen LogP) is 2.74. The maximum atomic E-state index is 13.7. The van der Waals surface area contributed by atoms with Gasteiger partial charge in [-0.1, -0.05) is 18.2 Å². The van der Waals surface area contributed by atoms with Crippen molar-refractivity contribution in [2.45, 2.75) is 23.8 Å². The van der Waals surface area contributed by atoms with Gasteiger partial charge in [0.05, 0.1) is 51.9 Å². The van der Waals surface area contributed by atoms with Gasteiger partial charge in [-0.15, -0.1) is 0 Å². The zero-order valence-electron chi connectivity index (χ0n) is 18.6. The number of hydrogen-bond donors (Lipinski definition) is 0. The zero-order chi connectivity index (χ0) is 23.6. The Morgan fingerprint density at radius 2 is 1.79 bits per heavy atom. The van der Waals surface area contributed by atoms with Crippen molar-refractivity contribution in [1.82, 2.24) is 14.1 Å². The number of carbonyl (C=O) groups is 1. The zero-order valence-corrected chi connectivity index (χ0v) is 19.4. The number of aromatic nitrogens is 2. The lowest BCUT2D eigenvalue weighted by atomic mass is 9.91. The van der Waals surface area contributed by atoms with Crippen LogP contribution in [0.3, 0.4) is 0 Å². The van der Waals surface area contributed by atoms with E-state index in [1.54, 1.807) is 13.2 Å². The Hall–Kier alpha value is -3.37. The van der Waals surface area contributed by atoms with Crippen LogP contribution in [0.5, 0.6) is 11.5 Å². The largest absolute Gasteiger partial charge is 0.493 e. The molecular formula is C23H25N3O6S. The first kappa shape index (κ1) is 22.8. The Morgan fingerprint density at radius 1 is 1.09 bits per heavy atom. The molecule has 10 heteroatoms. The molecule has 2 heterocycles. The molecule has 3 aromatic rings. The number of esters is 1. The van der Waals surface area contributed by atoms with Crippen molar-refractivity contribution in [3.05, 3.63) is 66.0 Å². The van der Waals surface area contributed by atoms with E-state index in [9.17, 15) is 13.2 Å². The molecule has 0 N–H and O–H groups in total. The highest BCUT2D eigenvalue weighted by molar-refractivity contribution is 7.89. The van der Waals surface area contributed by atoms with E-state index in [0.717, 1.165) is 11.3 Å². The summed E-state index contributed by atoms with van der Waals surface area (Å²) in [6.45, 7) is 0.197. The third kappa shape index (κ3) is 4.31. The first-order chi connectivity index (χ1) is 15.9. The minimum Gasteiger partial charge on any atom is -0.493 e. The van der Waals surface area contributed by atoms with Gasteiger partial charge in [-0.05, 0) is 41.8 Å². The summed E-state index contributed by atoms with van der Waals surface area (Å²) >= 11 is 0. The van der Waals surface area contributed by atoms with E-state index in [0.29, 0.717) is 23.5 Å². The molecule has 1 aliphatic heterocycles. The van der Waals surface area contributed by atoms with Gasteiger partial charge in [0.2, 0.25) is 10.0 Å². The number of fused-ring (bicyclic) bond motifs is 1. The molecule has 0 fully saturated rings. The third-order valence-electron chi connectivity index (χ3n) is 5.73. The molecule has 1 atom stereocenters. The minimum atomic E-state index is -3.96. The molecule has 0 amide bonds. The van der Waals surface area contributed by atoms with Crippen LogP contribution in [0.2, 0.25) is 0 Å². The highest BCUT2D eigenvalue weighted by atomic mass is 32.2. The van der Waals surface area contributed by atoms with E-state index in [-0.39, 0.29) is 17.9 Å². The number of ether oxygens (including phenoxy) is 3. The normalized spacial score (nSPS) is 16.2. The molecule has 2 aromatic carbocycles. The third-order valence-corrected chi connectivity index (χ3v) is 7.59. The second kappa shape index (κ2) is 9.24. The topological polar surface area (TPSA) is 100.0 Å². The van der Waals surface area contributed by atoms with Crippen molar-refractivity contribution in [3.8, 4) is 17.2 Å². The number of sulfonamides is 1. The number of rotatable bonds is 7. The van der Waals surface area contributed by atoms with Gasteiger partial charge in [-0.3, -0.25) is 4.79 Å². The van der Waals surface area contributed by atoms with Crippen LogP contribution in [0, 0.1) is 0 Å². The fourth-order valence-electron chi connectivity index (χ4n) is 4.04. The minimum absolute atomic E-state index is 0.0464. The molecule has 0 aliphatic carbocycles. The summed E-state index contributed by atoms with van der Waals surface area (Å²) in [5.41, 5.74) is 2.32. The van der Waals surface area contributed by atoms with Crippen LogP contribution in [0.4, 0.5) is 0 Å². The van der Waals surface area contributed by atoms with E-state index < -0.39 is 22.0 Å². The Balaban J connectivity index is 1.76. The Kier molecular flexibility index (Phi) is 6.39. The summed E-state index contributed by atoms with van der Waals surface area (Å²) in [7, 11) is 0.372. The van der Waals surface area contributed by atoms with E-state index >= 15 is 0 Å². The first-order valence-corrected chi connectivity index (χ1v) is 11.8. The second-order valence-corrected chi connectivity index (χ2v) is 9.41. The summed E-state index contributed by atoms with van der Waals surface area (Å²) in [6.07, 6.45) is 3.12. The van der Waals surface area contributed by atoms with Crippen LogP contribution in [-0.2, 0) is 26.0 Å². The van der Waals surface area contributed by atoms with E-state index in [1.165, 1.54) is 35.6 Å². The molecule has 0 spiro atoms. The molecule has 33 heavy (non-hydrogen) atoms. The number of para-hydroxylation sites is 1. The molecule has 1 aliphatic rings. The number of nitrogens with zero attached hydrogens (tertiary/aromatic N) is 3. The fourth-order valence-corrected chi connectivity index (χ4v) is 5.58. The van der Waals surface area contributed by atoms with Gasteiger partial charge >= 0.3 is 5.97 Å². The monoisotopic (exact) mass is 471 g/mol. The summed E-state index contributed by atoms with van der Waals surface area (Å²) in [5.74, 6) is 0.499. The van der Waals surface area contributed by atoms with Gasteiger partial charge in [-0.25, -0.2) is 13.1 Å². The van der Waals surface area contributed by atoms with Crippen molar-refractivity contribution >= 4 is 16.0 Å². The van der Waals surface area contributed by atoms with Gasteiger partial charge < -0.3 is 14.2 Å². The lowest BCUT2D eigenvalue weighted by Gasteiger charge is -2.36.